The van der Waals surface area contributed by atoms with Crippen LogP contribution in [0.15, 0.2) is 48.0 Å². The number of aryl methyl sites for hydroxylation is 4. The van der Waals surface area contributed by atoms with Gasteiger partial charge in [-0.15, -0.1) is 0 Å². The van der Waals surface area contributed by atoms with Crippen LogP contribution in [0.5, 0.6) is 0 Å². The van der Waals surface area contributed by atoms with E-state index < -0.39 is 0 Å². The minimum atomic E-state index is 0. The molecule has 2 heterocycles. The van der Waals surface area contributed by atoms with E-state index in [-0.39, 0.29) is 14.9 Å². The fourth-order valence-corrected chi connectivity index (χ4v) is 2.68. The van der Waals surface area contributed by atoms with E-state index in [0.717, 1.165) is 11.6 Å². The van der Waals surface area contributed by atoms with Crippen molar-refractivity contribution in [3.8, 4) is 0 Å². The zero-order valence-corrected chi connectivity index (χ0v) is 20.6. The van der Waals surface area contributed by atoms with Gasteiger partial charge in [-0.3, -0.25) is 9.97 Å². The third-order valence-electron chi connectivity index (χ3n) is 5.67. The molecule has 0 spiro atoms. The summed E-state index contributed by atoms with van der Waals surface area (Å²) in [6.45, 7) is 19.2. The van der Waals surface area contributed by atoms with Crippen LogP contribution in [0.25, 0.3) is 0 Å². The van der Waals surface area contributed by atoms with Crippen molar-refractivity contribution >= 4 is 0 Å². The largest absolute Gasteiger partial charge is 0.264 e. The van der Waals surface area contributed by atoms with E-state index >= 15 is 0 Å². The van der Waals surface area contributed by atoms with Gasteiger partial charge in [-0.25, -0.2) is 0 Å². The first-order chi connectivity index (χ1) is 14.6. The molecule has 1 aliphatic carbocycles. The molecule has 0 saturated heterocycles. The summed E-state index contributed by atoms with van der Waals surface area (Å²) in [7, 11) is 2.50. The summed E-state index contributed by atoms with van der Waals surface area (Å²) in [5, 5.41) is 0. The summed E-state index contributed by atoms with van der Waals surface area (Å²) in [5.41, 5.74) is 10.7. The summed E-state index contributed by atoms with van der Waals surface area (Å²) in [6, 6.07) is 2.03. The van der Waals surface area contributed by atoms with Crippen molar-refractivity contribution in [2.45, 2.75) is 98.4 Å². The Balaban J connectivity index is -0.000000172. The summed E-state index contributed by atoms with van der Waals surface area (Å²) in [5.74, 6) is 0.773. The Morgan fingerprint density at radius 1 is 0.806 bits per heavy atom. The van der Waals surface area contributed by atoms with Gasteiger partial charge < -0.3 is 0 Å². The van der Waals surface area contributed by atoms with E-state index in [2.05, 4.69) is 77.5 Å². The quantitative estimate of drug-likeness (QED) is 0.414. The van der Waals surface area contributed by atoms with Crippen molar-refractivity contribution < 1.29 is 2.74 Å². The highest BCUT2D eigenvalue weighted by molar-refractivity contribution is 5.28. The smallest absolute Gasteiger partial charge is 0.0404 e. The highest BCUT2D eigenvalue weighted by Gasteiger charge is 2.07. The maximum atomic E-state index is 5.75. The van der Waals surface area contributed by atoms with Gasteiger partial charge >= 0.3 is 0 Å². The molecule has 0 aliphatic heterocycles. The number of rotatable bonds is 0. The average Bonchev–Trinajstić information content (AvgIpc) is 2.78. The van der Waals surface area contributed by atoms with E-state index in [9.17, 15) is 0 Å². The second-order valence-electron chi connectivity index (χ2n) is 7.64. The second-order valence-corrected chi connectivity index (χ2v) is 7.64. The van der Waals surface area contributed by atoms with Crippen molar-refractivity contribution in [2.24, 2.45) is 5.92 Å². The van der Waals surface area contributed by atoms with Crippen molar-refractivity contribution in [1.82, 2.24) is 9.97 Å². The van der Waals surface area contributed by atoms with Gasteiger partial charge in [0, 0.05) is 27.0 Å². The van der Waals surface area contributed by atoms with Crippen LogP contribution < -0.4 is 0 Å². The average molecular weight is 433 g/mol. The summed E-state index contributed by atoms with van der Waals surface area (Å²) in [4.78, 5) is 8.18. The molecule has 2 nitrogen and oxygen atoms in total. The van der Waals surface area contributed by atoms with Crippen LogP contribution in [0, 0.1) is 47.5 Å². The SMILES string of the molecule is C.C.CC1=C(C)C(C)CC=C1.Cc1ccnc(C)c1C.Cc1cncc(C)c1C.[3H]C.[3H]C. The molecule has 31 heavy (non-hydrogen) atoms. The van der Waals surface area contributed by atoms with Crippen molar-refractivity contribution in [3.05, 3.63) is 81.5 Å². The Morgan fingerprint density at radius 3 is 1.68 bits per heavy atom. The Kier molecular flexibility index (Phi) is 17.4. The lowest BCUT2D eigenvalue weighted by molar-refractivity contribution is 0.678. The first kappa shape index (κ1) is 31.0. The highest BCUT2D eigenvalue weighted by atomic mass is 14.7. The first-order valence-corrected chi connectivity index (χ1v) is 9.75. The molecule has 178 valence electrons. The molecular weight excluding hydrogens is 376 g/mol. The number of pyridine rings is 2. The molecule has 1 unspecified atom stereocenters. The monoisotopic (exact) mass is 432 g/mol. The maximum absolute atomic E-state index is 5.75. The lowest BCUT2D eigenvalue weighted by Crippen LogP contribution is -2.00. The molecule has 0 radical (unpaired) electrons. The molecule has 1 atom stereocenters. The minimum Gasteiger partial charge on any atom is -0.264 e. The standard InChI is InChI=1S/C9H14.2C8H11N.4CH4/c1-7-5-4-6-8(2)9(7)3;1-6-4-9-5-7(2)8(6)3;1-6-4-5-9-8(3)7(6)2;;;;/h4-5,8H,6H2,1-3H3;2*4-5H,1-3H3;4*1H4/i;;;2*1T;;. The van der Waals surface area contributed by atoms with E-state index in [0.29, 0.717) is 0 Å². The number of hydrogen-bond donors (Lipinski definition) is 0. The van der Waals surface area contributed by atoms with Crippen LogP contribution in [0.2, 0.25) is 0 Å². The van der Waals surface area contributed by atoms with Crippen molar-refractivity contribution in [2.75, 3.05) is 0 Å². The lowest BCUT2D eigenvalue weighted by atomic mass is 9.90. The molecule has 0 saturated carbocycles. The molecule has 2 aromatic rings. The lowest BCUT2D eigenvalue weighted by Gasteiger charge is -2.15. The molecule has 2 heteroatoms. The predicted octanol–water partition coefficient (Wildman–Crippen LogP) is 9.48. The normalized spacial score (nSPS) is 14.0. The molecule has 0 aromatic carbocycles. The van der Waals surface area contributed by atoms with Gasteiger partial charge in [-0.1, -0.05) is 59.9 Å². The highest BCUT2D eigenvalue weighted by Crippen LogP contribution is 2.23. The molecule has 3 rings (SSSR count). The molecule has 0 amide bonds. The summed E-state index contributed by atoms with van der Waals surface area (Å²) < 4.78 is 11.5. The van der Waals surface area contributed by atoms with E-state index in [1.807, 2.05) is 31.6 Å². The zero-order chi connectivity index (χ0) is 24.6. The van der Waals surface area contributed by atoms with Crippen LogP contribution in [0.4, 0.5) is 0 Å². The topological polar surface area (TPSA) is 25.8 Å². The minimum absolute atomic E-state index is 0. The third-order valence-corrected chi connectivity index (χ3v) is 5.67. The van der Waals surface area contributed by atoms with Crippen LogP contribution in [0.3, 0.4) is 0 Å². The fourth-order valence-electron chi connectivity index (χ4n) is 2.68. The molecule has 0 fully saturated rings. The molecule has 0 N–H and O–H groups in total. The van der Waals surface area contributed by atoms with Gasteiger partial charge in [-0.2, -0.15) is 0 Å². The van der Waals surface area contributed by atoms with Gasteiger partial charge in [0.2, 0.25) is 0 Å². The molecular formula is C29H52N2. The van der Waals surface area contributed by atoms with Gasteiger partial charge in [0.1, 0.15) is 0 Å². The van der Waals surface area contributed by atoms with Gasteiger partial charge in [0.15, 0.2) is 0 Å². The number of allylic oxidation sites excluding steroid dienone is 4. The summed E-state index contributed by atoms with van der Waals surface area (Å²) >= 11 is 0. The van der Waals surface area contributed by atoms with Crippen LogP contribution in [-0.2, 0) is 0 Å². The van der Waals surface area contributed by atoms with Crippen LogP contribution in [0.1, 0.15) is 93.1 Å². The number of aromatic nitrogens is 2. The van der Waals surface area contributed by atoms with E-state index in [1.165, 1.54) is 54.6 Å². The second kappa shape index (κ2) is 17.5. The van der Waals surface area contributed by atoms with Crippen molar-refractivity contribution in [3.63, 3.8) is 0 Å². The summed E-state index contributed by atoms with van der Waals surface area (Å²) in [6.07, 6.45) is 11.3. The Hall–Kier alpha value is -2.22. The Morgan fingerprint density at radius 2 is 1.32 bits per heavy atom. The van der Waals surface area contributed by atoms with Gasteiger partial charge in [-0.05, 0) is 102 Å². The van der Waals surface area contributed by atoms with Gasteiger partial charge in [0.25, 0.3) is 0 Å². The zero-order valence-electron chi connectivity index (χ0n) is 22.6. The Bertz CT molecular complexity index is 734. The van der Waals surface area contributed by atoms with Gasteiger partial charge in [0.05, 0.1) is 0 Å². The molecule has 0 bridgehead atoms. The molecule has 2 aromatic heterocycles. The third kappa shape index (κ3) is 11.7. The van der Waals surface area contributed by atoms with E-state index in [4.69, 9.17) is 2.74 Å². The Labute approximate surface area is 198 Å². The van der Waals surface area contributed by atoms with Crippen molar-refractivity contribution in [1.29, 1.82) is 0 Å². The number of nitrogens with zero attached hydrogens (tertiary/aromatic N) is 2. The first-order valence-electron chi connectivity index (χ1n) is 11.8. The maximum Gasteiger partial charge on any atom is 0.0404 e. The number of hydrogen-bond acceptors (Lipinski definition) is 2. The van der Waals surface area contributed by atoms with Crippen LogP contribution >= 0.6 is 0 Å². The van der Waals surface area contributed by atoms with E-state index in [1.54, 1.807) is 5.57 Å². The predicted molar refractivity (Wildman–Crippen MR) is 145 cm³/mol. The van der Waals surface area contributed by atoms with Crippen LogP contribution in [-0.4, -0.2) is 9.97 Å². The fraction of sp³-hybridized carbons (Fsp3) is 0.517. The molecule has 1 aliphatic rings.